The van der Waals surface area contributed by atoms with E-state index in [2.05, 4.69) is 17.4 Å². The van der Waals surface area contributed by atoms with Crippen LogP contribution in [0.1, 0.15) is 5.56 Å². The lowest BCUT2D eigenvalue weighted by molar-refractivity contribution is -0.121. The fourth-order valence-corrected chi connectivity index (χ4v) is 2.86. The van der Waals surface area contributed by atoms with Gasteiger partial charge in [-0.3, -0.25) is 4.79 Å². The highest BCUT2D eigenvalue weighted by Gasteiger charge is 2.11. The van der Waals surface area contributed by atoms with Gasteiger partial charge in [0.05, 0.1) is 19.7 Å². The molecule has 0 bridgehead atoms. The number of aromatic nitrogens is 1. The van der Waals surface area contributed by atoms with Crippen molar-refractivity contribution in [2.45, 2.75) is 13.0 Å². The molecule has 3 rings (SSSR count). The zero-order chi connectivity index (χ0) is 17.6. The normalized spacial score (nSPS) is 10.6. The second-order valence-electron chi connectivity index (χ2n) is 5.79. The first-order valence-corrected chi connectivity index (χ1v) is 8.22. The standard InChI is InChI=1S/C20H22N2O3/c1-24-16-12-18-17(19(13-16)25-2)9-11-22(18)14-20(23)21-10-8-15-6-4-3-5-7-15/h3-7,9,11-13H,8,10,14H2,1-2H3,(H,21,23). The molecule has 1 heterocycles. The van der Waals surface area contributed by atoms with Crippen molar-refractivity contribution in [3.8, 4) is 11.5 Å². The summed E-state index contributed by atoms with van der Waals surface area (Å²) in [4.78, 5) is 12.3. The van der Waals surface area contributed by atoms with Crippen molar-refractivity contribution in [2.24, 2.45) is 0 Å². The molecule has 0 saturated carbocycles. The predicted molar refractivity (Wildman–Crippen MR) is 98.2 cm³/mol. The number of benzene rings is 2. The van der Waals surface area contributed by atoms with Crippen molar-refractivity contribution in [3.05, 3.63) is 60.3 Å². The number of carbonyl (C=O) groups excluding carboxylic acids is 1. The first kappa shape index (κ1) is 16.9. The van der Waals surface area contributed by atoms with E-state index in [-0.39, 0.29) is 12.5 Å². The first-order valence-electron chi connectivity index (χ1n) is 8.22. The Morgan fingerprint density at radius 2 is 1.88 bits per heavy atom. The lowest BCUT2D eigenvalue weighted by atomic mass is 10.1. The van der Waals surface area contributed by atoms with Crippen LogP contribution >= 0.6 is 0 Å². The van der Waals surface area contributed by atoms with Crippen molar-refractivity contribution in [2.75, 3.05) is 20.8 Å². The zero-order valence-electron chi connectivity index (χ0n) is 14.5. The molecule has 0 radical (unpaired) electrons. The third-order valence-electron chi connectivity index (χ3n) is 4.17. The van der Waals surface area contributed by atoms with Crippen molar-refractivity contribution in [1.82, 2.24) is 9.88 Å². The number of fused-ring (bicyclic) bond motifs is 1. The summed E-state index contributed by atoms with van der Waals surface area (Å²) in [6.07, 6.45) is 2.71. The van der Waals surface area contributed by atoms with E-state index in [4.69, 9.17) is 9.47 Å². The van der Waals surface area contributed by atoms with Crippen LogP contribution in [-0.4, -0.2) is 31.2 Å². The molecule has 0 aliphatic heterocycles. The summed E-state index contributed by atoms with van der Waals surface area (Å²) >= 11 is 0. The Morgan fingerprint density at radius 1 is 1.08 bits per heavy atom. The zero-order valence-corrected chi connectivity index (χ0v) is 14.5. The molecule has 0 spiro atoms. The summed E-state index contributed by atoms with van der Waals surface area (Å²) in [5.74, 6) is 1.42. The van der Waals surface area contributed by atoms with Gasteiger partial charge < -0.3 is 19.4 Å². The van der Waals surface area contributed by atoms with Crippen molar-refractivity contribution in [1.29, 1.82) is 0 Å². The second-order valence-corrected chi connectivity index (χ2v) is 5.79. The predicted octanol–water partition coefficient (Wildman–Crippen LogP) is 3.02. The molecular formula is C20H22N2O3. The molecule has 0 atom stereocenters. The summed E-state index contributed by atoms with van der Waals surface area (Å²) in [7, 11) is 3.24. The lowest BCUT2D eigenvalue weighted by Crippen LogP contribution is -2.29. The largest absolute Gasteiger partial charge is 0.497 e. The van der Waals surface area contributed by atoms with Gasteiger partial charge in [-0.1, -0.05) is 30.3 Å². The Balaban J connectivity index is 1.67. The van der Waals surface area contributed by atoms with Crippen LogP contribution in [0.5, 0.6) is 11.5 Å². The van der Waals surface area contributed by atoms with Crippen molar-refractivity contribution >= 4 is 16.8 Å². The van der Waals surface area contributed by atoms with Crippen LogP contribution in [0.3, 0.4) is 0 Å². The third kappa shape index (κ3) is 3.94. The molecule has 0 unspecified atom stereocenters. The van der Waals surface area contributed by atoms with Crippen LogP contribution in [0.25, 0.3) is 10.9 Å². The van der Waals surface area contributed by atoms with Gasteiger partial charge >= 0.3 is 0 Å². The van der Waals surface area contributed by atoms with Crippen LogP contribution in [0, 0.1) is 0 Å². The summed E-state index contributed by atoms with van der Waals surface area (Å²) in [5.41, 5.74) is 2.12. The minimum Gasteiger partial charge on any atom is -0.497 e. The minimum atomic E-state index is -0.0183. The SMILES string of the molecule is COc1cc(OC)c2ccn(CC(=O)NCCc3ccccc3)c2c1. The van der Waals surface area contributed by atoms with E-state index in [1.807, 2.05) is 47.2 Å². The Labute approximate surface area is 147 Å². The highest BCUT2D eigenvalue weighted by molar-refractivity contribution is 5.89. The number of nitrogens with one attached hydrogen (secondary N) is 1. The van der Waals surface area contributed by atoms with Crippen molar-refractivity contribution < 1.29 is 14.3 Å². The van der Waals surface area contributed by atoms with Gasteiger partial charge in [0.15, 0.2) is 0 Å². The maximum Gasteiger partial charge on any atom is 0.239 e. The van der Waals surface area contributed by atoms with Gasteiger partial charge in [-0.25, -0.2) is 0 Å². The number of hydrogen-bond acceptors (Lipinski definition) is 3. The van der Waals surface area contributed by atoms with Crippen molar-refractivity contribution in [3.63, 3.8) is 0 Å². The third-order valence-corrected chi connectivity index (χ3v) is 4.17. The van der Waals surface area contributed by atoms with Crippen LogP contribution in [0.2, 0.25) is 0 Å². The molecular weight excluding hydrogens is 316 g/mol. The van der Waals surface area contributed by atoms with E-state index >= 15 is 0 Å². The first-order chi connectivity index (χ1) is 12.2. The number of hydrogen-bond donors (Lipinski definition) is 1. The molecule has 25 heavy (non-hydrogen) atoms. The van der Waals surface area contributed by atoms with Crippen LogP contribution in [0.4, 0.5) is 0 Å². The molecule has 3 aromatic rings. The van der Waals surface area contributed by atoms with Crippen LogP contribution in [-0.2, 0) is 17.8 Å². The van der Waals surface area contributed by atoms with E-state index < -0.39 is 0 Å². The van der Waals surface area contributed by atoms with Crippen LogP contribution in [0.15, 0.2) is 54.7 Å². The number of carbonyl (C=O) groups is 1. The quantitative estimate of drug-likeness (QED) is 0.720. The second kappa shape index (κ2) is 7.75. The maximum absolute atomic E-state index is 12.3. The molecule has 130 valence electrons. The average Bonchev–Trinajstić information content (AvgIpc) is 3.04. The topological polar surface area (TPSA) is 52.5 Å². The van der Waals surface area contributed by atoms with Gasteiger partial charge in [0.2, 0.25) is 5.91 Å². The number of nitrogens with zero attached hydrogens (tertiary/aromatic N) is 1. The molecule has 5 nitrogen and oxygen atoms in total. The molecule has 0 aliphatic carbocycles. The fraction of sp³-hybridized carbons (Fsp3) is 0.250. The molecule has 0 aliphatic rings. The summed E-state index contributed by atoms with van der Waals surface area (Å²) < 4.78 is 12.6. The summed E-state index contributed by atoms with van der Waals surface area (Å²) in [6.45, 7) is 0.878. The molecule has 0 saturated heterocycles. The number of rotatable bonds is 7. The fourth-order valence-electron chi connectivity index (χ4n) is 2.86. The van der Waals surface area contributed by atoms with Gasteiger partial charge in [-0.2, -0.15) is 0 Å². The van der Waals surface area contributed by atoms with E-state index in [0.717, 1.165) is 23.1 Å². The van der Waals surface area contributed by atoms with E-state index in [1.165, 1.54) is 5.56 Å². The van der Waals surface area contributed by atoms with Gasteiger partial charge in [-0.15, -0.1) is 0 Å². The summed E-state index contributed by atoms with van der Waals surface area (Å²) in [6, 6.07) is 15.8. The Kier molecular flexibility index (Phi) is 5.23. The lowest BCUT2D eigenvalue weighted by Gasteiger charge is -2.10. The molecule has 5 heteroatoms. The highest BCUT2D eigenvalue weighted by atomic mass is 16.5. The van der Waals surface area contributed by atoms with Gasteiger partial charge in [0.1, 0.15) is 18.0 Å². The van der Waals surface area contributed by atoms with Crippen LogP contribution < -0.4 is 14.8 Å². The smallest absolute Gasteiger partial charge is 0.239 e. The van der Waals surface area contributed by atoms with Gasteiger partial charge in [-0.05, 0) is 18.1 Å². The molecule has 1 N–H and O–H groups in total. The van der Waals surface area contributed by atoms with Gasteiger partial charge in [0.25, 0.3) is 0 Å². The molecule has 0 fully saturated rings. The monoisotopic (exact) mass is 338 g/mol. The molecule has 1 amide bonds. The number of methoxy groups -OCH3 is 2. The van der Waals surface area contributed by atoms with E-state index in [1.54, 1.807) is 14.2 Å². The Morgan fingerprint density at radius 3 is 2.60 bits per heavy atom. The van der Waals surface area contributed by atoms with E-state index in [9.17, 15) is 4.79 Å². The molecule has 2 aromatic carbocycles. The molecule has 1 aromatic heterocycles. The van der Waals surface area contributed by atoms with E-state index in [0.29, 0.717) is 12.3 Å². The summed E-state index contributed by atoms with van der Waals surface area (Å²) in [5, 5.41) is 3.93. The average molecular weight is 338 g/mol. The maximum atomic E-state index is 12.3. The minimum absolute atomic E-state index is 0.0183. The number of amides is 1. The highest BCUT2D eigenvalue weighted by Crippen LogP contribution is 2.31. The Bertz CT molecular complexity index is 856. The van der Waals surface area contributed by atoms with Gasteiger partial charge in [0, 0.05) is 30.3 Å². The Hall–Kier alpha value is -2.95. The number of ether oxygens (including phenoxy) is 2.